The van der Waals surface area contributed by atoms with E-state index in [1.807, 2.05) is 38.1 Å². The third-order valence-electron chi connectivity index (χ3n) is 5.19. The number of rotatable bonds is 10. The molecule has 10 heteroatoms. The highest BCUT2D eigenvalue weighted by Crippen LogP contribution is 2.23. The molecule has 2 aromatic carbocycles. The van der Waals surface area contributed by atoms with Crippen LogP contribution in [0.3, 0.4) is 0 Å². The molecule has 0 spiro atoms. The number of anilines is 1. The molecule has 0 bridgehead atoms. The molecule has 7 nitrogen and oxygen atoms in total. The van der Waals surface area contributed by atoms with Crippen LogP contribution in [-0.4, -0.2) is 50.0 Å². The van der Waals surface area contributed by atoms with E-state index in [0.29, 0.717) is 5.02 Å². The lowest BCUT2D eigenvalue weighted by atomic mass is 10.1. The molecule has 0 saturated heterocycles. The van der Waals surface area contributed by atoms with Crippen LogP contribution in [0.5, 0.6) is 0 Å². The number of benzene rings is 2. The summed E-state index contributed by atoms with van der Waals surface area (Å²) in [6.07, 6.45) is 1.77. The van der Waals surface area contributed by atoms with E-state index in [1.165, 1.54) is 11.0 Å². The molecule has 2 aromatic rings. The molecule has 0 aliphatic rings. The van der Waals surface area contributed by atoms with Crippen molar-refractivity contribution >= 4 is 55.1 Å². The lowest BCUT2D eigenvalue weighted by Crippen LogP contribution is -2.52. The van der Waals surface area contributed by atoms with E-state index < -0.39 is 28.5 Å². The van der Waals surface area contributed by atoms with E-state index in [-0.39, 0.29) is 24.2 Å². The zero-order valence-corrected chi connectivity index (χ0v) is 22.2. The number of sulfonamides is 1. The standard InChI is InChI=1S/C23H29BrClN3O4S/c1-5-16(2)26-23(30)17(3)27(14-18-8-6-9-19(24)12-18)22(29)15-28(33(4,31)32)21-11-7-10-20(25)13-21/h6-13,16-17H,5,14-15H2,1-4H3,(H,26,30)/t16-,17-/m0/s1. The number of hydrogen-bond acceptors (Lipinski definition) is 4. The SMILES string of the molecule is CC[C@H](C)NC(=O)[C@H](C)N(Cc1cccc(Br)c1)C(=O)CN(c1cccc(Cl)c1)S(C)(=O)=O. The summed E-state index contributed by atoms with van der Waals surface area (Å²) in [7, 11) is -3.79. The molecule has 0 saturated carbocycles. The van der Waals surface area contributed by atoms with Crippen molar-refractivity contribution in [1.82, 2.24) is 10.2 Å². The van der Waals surface area contributed by atoms with Gasteiger partial charge >= 0.3 is 0 Å². The summed E-state index contributed by atoms with van der Waals surface area (Å²) in [4.78, 5) is 27.7. The molecule has 0 aromatic heterocycles. The van der Waals surface area contributed by atoms with E-state index in [0.717, 1.165) is 27.0 Å². The Kier molecular flexibility index (Phi) is 9.75. The van der Waals surface area contributed by atoms with Gasteiger partial charge in [0, 0.05) is 22.1 Å². The average Bonchev–Trinajstić information content (AvgIpc) is 2.74. The van der Waals surface area contributed by atoms with Gasteiger partial charge < -0.3 is 10.2 Å². The molecule has 180 valence electrons. The van der Waals surface area contributed by atoms with Crippen molar-refractivity contribution < 1.29 is 18.0 Å². The van der Waals surface area contributed by atoms with Gasteiger partial charge in [-0.3, -0.25) is 13.9 Å². The van der Waals surface area contributed by atoms with E-state index in [2.05, 4.69) is 21.2 Å². The number of carbonyl (C=O) groups is 2. The molecule has 0 unspecified atom stereocenters. The van der Waals surface area contributed by atoms with Gasteiger partial charge in [-0.25, -0.2) is 8.42 Å². The molecule has 2 amide bonds. The summed E-state index contributed by atoms with van der Waals surface area (Å²) < 4.78 is 26.9. The fourth-order valence-corrected chi connectivity index (χ4v) is 4.60. The molecule has 1 N–H and O–H groups in total. The Morgan fingerprint density at radius 3 is 2.36 bits per heavy atom. The Bertz CT molecular complexity index is 1100. The summed E-state index contributed by atoms with van der Waals surface area (Å²) in [5, 5.41) is 3.24. The van der Waals surface area contributed by atoms with Crippen LogP contribution in [0.25, 0.3) is 0 Å². The summed E-state index contributed by atoms with van der Waals surface area (Å²) in [5.74, 6) is -0.812. The third-order valence-corrected chi connectivity index (χ3v) is 7.05. The van der Waals surface area contributed by atoms with Gasteiger partial charge in [0.05, 0.1) is 11.9 Å². The highest BCUT2D eigenvalue weighted by atomic mass is 79.9. The highest BCUT2D eigenvalue weighted by molar-refractivity contribution is 9.10. The topological polar surface area (TPSA) is 86.8 Å². The Morgan fingerprint density at radius 2 is 1.79 bits per heavy atom. The summed E-state index contributed by atoms with van der Waals surface area (Å²) >= 11 is 9.46. The maximum absolute atomic E-state index is 13.4. The van der Waals surface area contributed by atoms with Crippen molar-refractivity contribution in [1.29, 1.82) is 0 Å². The van der Waals surface area contributed by atoms with Crippen molar-refractivity contribution in [2.45, 2.75) is 45.8 Å². The van der Waals surface area contributed by atoms with Crippen LogP contribution in [0.4, 0.5) is 5.69 Å². The summed E-state index contributed by atoms with van der Waals surface area (Å²) in [6, 6.07) is 12.8. The average molecular weight is 559 g/mol. The molecule has 0 fully saturated rings. The van der Waals surface area contributed by atoms with E-state index in [9.17, 15) is 18.0 Å². The molecule has 2 rings (SSSR count). The number of nitrogens with one attached hydrogen (secondary N) is 1. The minimum atomic E-state index is -3.79. The van der Waals surface area contributed by atoms with Gasteiger partial charge in [0.25, 0.3) is 0 Å². The smallest absolute Gasteiger partial charge is 0.244 e. The number of carbonyl (C=O) groups excluding carboxylic acids is 2. The van der Waals surface area contributed by atoms with Gasteiger partial charge in [0.1, 0.15) is 12.6 Å². The van der Waals surface area contributed by atoms with E-state index in [1.54, 1.807) is 25.1 Å². The molecule has 33 heavy (non-hydrogen) atoms. The second kappa shape index (κ2) is 11.9. The quantitative estimate of drug-likeness (QED) is 0.474. The van der Waals surface area contributed by atoms with Gasteiger partial charge in [-0.15, -0.1) is 0 Å². The Hall–Kier alpha value is -2.10. The van der Waals surface area contributed by atoms with Crippen molar-refractivity contribution in [3.8, 4) is 0 Å². The second-order valence-electron chi connectivity index (χ2n) is 7.89. The monoisotopic (exact) mass is 557 g/mol. The zero-order valence-electron chi connectivity index (χ0n) is 19.1. The van der Waals surface area contributed by atoms with Crippen molar-refractivity contribution in [2.24, 2.45) is 0 Å². The van der Waals surface area contributed by atoms with Crippen molar-refractivity contribution in [3.05, 3.63) is 63.6 Å². The fourth-order valence-electron chi connectivity index (χ4n) is 3.13. The number of halogens is 2. The molecular weight excluding hydrogens is 530 g/mol. The number of amides is 2. The maximum atomic E-state index is 13.4. The first kappa shape index (κ1) is 27.1. The van der Waals surface area contributed by atoms with E-state index in [4.69, 9.17) is 11.6 Å². The summed E-state index contributed by atoms with van der Waals surface area (Å²) in [6.45, 7) is 5.15. The Labute approximate surface area is 209 Å². The molecule has 2 atom stereocenters. The Balaban J connectivity index is 2.38. The molecule has 0 heterocycles. The first-order valence-corrected chi connectivity index (χ1v) is 13.5. The van der Waals surface area contributed by atoms with Crippen molar-refractivity contribution in [3.63, 3.8) is 0 Å². The maximum Gasteiger partial charge on any atom is 0.244 e. The van der Waals surface area contributed by atoms with Crippen molar-refractivity contribution in [2.75, 3.05) is 17.1 Å². The minimum absolute atomic E-state index is 0.0539. The van der Waals surface area contributed by atoms with Crippen LogP contribution in [0.1, 0.15) is 32.8 Å². The van der Waals surface area contributed by atoms with Crippen LogP contribution in [-0.2, 0) is 26.2 Å². The molecule has 0 aliphatic heterocycles. The lowest BCUT2D eigenvalue weighted by Gasteiger charge is -2.32. The minimum Gasteiger partial charge on any atom is -0.352 e. The largest absolute Gasteiger partial charge is 0.352 e. The number of nitrogens with zero attached hydrogens (tertiary/aromatic N) is 2. The van der Waals surface area contributed by atoms with Crippen LogP contribution in [0.2, 0.25) is 5.02 Å². The first-order valence-electron chi connectivity index (χ1n) is 10.5. The summed E-state index contributed by atoms with van der Waals surface area (Å²) in [5.41, 5.74) is 1.08. The van der Waals surface area contributed by atoms with Crippen LogP contribution in [0, 0.1) is 0 Å². The predicted octanol–water partition coefficient (Wildman–Crippen LogP) is 4.20. The molecule has 0 radical (unpaired) electrons. The Morgan fingerprint density at radius 1 is 1.12 bits per heavy atom. The van der Waals surface area contributed by atoms with Gasteiger partial charge in [0.15, 0.2) is 0 Å². The molecule has 0 aliphatic carbocycles. The van der Waals surface area contributed by atoms with Crippen LogP contribution in [0.15, 0.2) is 53.0 Å². The zero-order chi connectivity index (χ0) is 24.8. The van der Waals surface area contributed by atoms with Gasteiger partial charge in [-0.05, 0) is 56.2 Å². The van der Waals surface area contributed by atoms with E-state index >= 15 is 0 Å². The first-order chi connectivity index (χ1) is 15.4. The molecular formula is C23H29BrClN3O4S. The van der Waals surface area contributed by atoms with Crippen LogP contribution < -0.4 is 9.62 Å². The normalized spacial score (nSPS) is 13.2. The third kappa shape index (κ3) is 8.01. The second-order valence-corrected chi connectivity index (χ2v) is 11.2. The fraction of sp³-hybridized carbons (Fsp3) is 0.391. The number of hydrogen-bond donors (Lipinski definition) is 1. The highest BCUT2D eigenvalue weighted by Gasteiger charge is 2.30. The van der Waals surface area contributed by atoms with Crippen LogP contribution >= 0.6 is 27.5 Å². The van der Waals surface area contributed by atoms with Gasteiger partial charge in [-0.2, -0.15) is 0 Å². The van der Waals surface area contributed by atoms with Gasteiger partial charge in [0.2, 0.25) is 21.8 Å². The lowest BCUT2D eigenvalue weighted by molar-refractivity contribution is -0.139. The van der Waals surface area contributed by atoms with Gasteiger partial charge in [-0.1, -0.05) is 52.7 Å². The predicted molar refractivity (Wildman–Crippen MR) is 136 cm³/mol.